The van der Waals surface area contributed by atoms with Gasteiger partial charge in [0.15, 0.2) is 0 Å². The van der Waals surface area contributed by atoms with E-state index in [1.807, 2.05) is 19.9 Å². The standard InChI is InChI=1S/C18H21BrN2O3S/c1-3-4-10-20-18(22)14-6-5-7-15(12-14)25(23,24)21-17-11-13(2)8-9-16(17)19/h5-9,11-12,21H,3-4,10H2,1-2H3,(H,20,22). The summed E-state index contributed by atoms with van der Waals surface area (Å²) in [5, 5.41) is 2.78. The number of anilines is 1. The zero-order valence-corrected chi connectivity index (χ0v) is 16.6. The molecule has 0 radical (unpaired) electrons. The van der Waals surface area contributed by atoms with Crippen molar-refractivity contribution in [2.24, 2.45) is 0 Å². The van der Waals surface area contributed by atoms with E-state index in [0.29, 0.717) is 22.3 Å². The van der Waals surface area contributed by atoms with Crippen LogP contribution in [0.3, 0.4) is 0 Å². The molecule has 5 nitrogen and oxygen atoms in total. The monoisotopic (exact) mass is 424 g/mol. The van der Waals surface area contributed by atoms with Gasteiger partial charge in [-0.25, -0.2) is 8.42 Å². The van der Waals surface area contributed by atoms with Gasteiger partial charge in [-0.15, -0.1) is 0 Å². The van der Waals surface area contributed by atoms with E-state index in [1.165, 1.54) is 12.1 Å². The van der Waals surface area contributed by atoms with Gasteiger partial charge in [0.2, 0.25) is 0 Å². The number of amides is 1. The van der Waals surface area contributed by atoms with Crippen LogP contribution < -0.4 is 10.0 Å². The van der Waals surface area contributed by atoms with Gasteiger partial charge in [0.05, 0.1) is 10.6 Å². The largest absolute Gasteiger partial charge is 0.352 e. The number of sulfonamides is 1. The molecule has 134 valence electrons. The van der Waals surface area contributed by atoms with Crippen LogP contribution in [0.4, 0.5) is 5.69 Å². The van der Waals surface area contributed by atoms with Crippen molar-refractivity contribution >= 4 is 37.5 Å². The van der Waals surface area contributed by atoms with Crippen LogP contribution in [0.1, 0.15) is 35.7 Å². The smallest absolute Gasteiger partial charge is 0.261 e. The summed E-state index contributed by atoms with van der Waals surface area (Å²) in [6.45, 7) is 4.49. The molecule has 0 heterocycles. The maximum absolute atomic E-state index is 12.6. The van der Waals surface area contributed by atoms with Gasteiger partial charge >= 0.3 is 0 Å². The molecule has 2 rings (SSSR count). The zero-order valence-electron chi connectivity index (χ0n) is 14.2. The second-order valence-electron chi connectivity index (χ2n) is 5.73. The van der Waals surface area contributed by atoms with E-state index in [-0.39, 0.29) is 10.8 Å². The fraction of sp³-hybridized carbons (Fsp3) is 0.278. The molecule has 0 atom stereocenters. The first-order chi connectivity index (χ1) is 11.8. The van der Waals surface area contributed by atoms with Gasteiger partial charge in [-0.3, -0.25) is 9.52 Å². The van der Waals surface area contributed by atoms with E-state index in [4.69, 9.17) is 0 Å². The van der Waals surface area contributed by atoms with E-state index in [9.17, 15) is 13.2 Å². The van der Waals surface area contributed by atoms with Gasteiger partial charge < -0.3 is 5.32 Å². The maximum atomic E-state index is 12.6. The second kappa shape index (κ2) is 8.49. The van der Waals surface area contributed by atoms with Crippen molar-refractivity contribution in [2.75, 3.05) is 11.3 Å². The molecule has 0 fully saturated rings. The molecule has 0 unspecified atom stereocenters. The highest BCUT2D eigenvalue weighted by molar-refractivity contribution is 9.10. The third kappa shape index (κ3) is 5.31. The Kier molecular flexibility index (Phi) is 6.61. The van der Waals surface area contributed by atoms with Gasteiger partial charge in [0.1, 0.15) is 0 Å². The van der Waals surface area contributed by atoms with Crippen molar-refractivity contribution in [1.29, 1.82) is 0 Å². The molecule has 1 amide bonds. The van der Waals surface area contributed by atoms with Gasteiger partial charge in [-0.2, -0.15) is 0 Å². The summed E-state index contributed by atoms with van der Waals surface area (Å²) in [6, 6.07) is 11.4. The van der Waals surface area contributed by atoms with E-state index in [1.54, 1.807) is 24.3 Å². The van der Waals surface area contributed by atoms with Crippen LogP contribution in [0, 0.1) is 6.92 Å². The minimum absolute atomic E-state index is 0.0454. The third-order valence-corrected chi connectivity index (χ3v) is 5.64. The molecule has 0 aliphatic rings. The van der Waals surface area contributed by atoms with Crippen LogP contribution >= 0.6 is 15.9 Å². The molecule has 7 heteroatoms. The first-order valence-corrected chi connectivity index (χ1v) is 10.3. The summed E-state index contributed by atoms with van der Waals surface area (Å²) in [5.74, 6) is -0.276. The lowest BCUT2D eigenvalue weighted by Gasteiger charge is -2.11. The van der Waals surface area contributed by atoms with Crippen LogP contribution in [-0.4, -0.2) is 20.9 Å². The lowest BCUT2D eigenvalue weighted by atomic mass is 10.2. The van der Waals surface area contributed by atoms with Crippen molar-refractivity contribution < 1.29 is 13.2 Å². The Morgan fingerprint density at radius 3 is 2.64 bits per heavy atom. The quantitative estimate of drug-likeness (QED) is 0.657. The highest BCUT2D eigenvalue weighted by Crippen LogP contribution is 2.26. The fourth-order valence-corrected chi connectivity index (χ4v) is 3.80. The van der Waals surface area contributed by atoms with E-state index >= 15 is 0 Å². The number of aryl methyl sites for hydroxylation is 1. The van der Waals surface area contributed by atoms with Crippen LogP contribution in [0.15, 0.2) is 51.8 Å². The fourth-order valence-electron chi connectivity index (χ4n) is 2.21. The predicted octanol–water partition coefficient (Wildman–Crippen LogP) is 4.09. The molecule has 0 aromatic heterocycles. The predicted molar refractivity (Wildman–Crippen MR) is 103 cm³/mol. The number of halogens is 1. The Hall–Kier alpha value is -1.86. The summed E-state index contributed by atoms with van der Waals surface area (Å²) in [6.07, 6.45) is 1.86. The molecule has 2 aromatic carbocycles. The second-order valence-corrected chi connectivity index (χ2v) is 8.26. The van der Waals surface area contributed by atoms with Gasteiger partial charge in [0, 0.05) is 16.6 Å². The average Bonchev–Trinajstić information content (AvgIpc) is 2.58. The molecule has 0 aliphatic heterocycles. The van der Waals surface area contributed by atoms with Crippen molar-refractivity contribution in [1.82, 2.24) is 5.32 Å². The normalized spacial score (nSPS) is 11.2. The van der Waals surface area contributed by atoms with Gasteiger partial charge in [-0.05, 0) is 65.2 Å². The highest BCUT2D eigenvalue weighted by atomic mass is 79.9. The summed E-state index contributed by atoms with van der Waals surface area (Å²) < 4.78 is 28.5. The van der Waals surface area contributed by atoms with Crippen molar-refractivity contribution in [2.45, 2.75) is 31.6 Å². The number of carbonyl (C=O) groups is 1. The van der Waals surface area contributed by atoms with Crippen molar-refractivity contribution in [3.8, 4) is 0 Å². The van der Waals surface area contributed by atoms with Gasteiger partial charge in [0.25, 0.3) is 15.9 Å². The molecule has 2 N–H and O–H groups in total. The van der Waals surface area contributed by atoms with E-state index in [0.717, 1.165) is 18.4 Å². The molecule has 0 saturated heterocycles. The average molecular weight is 425 g/mol. The Morgan fingerprint density at radius 2 is 1.92 bits per heavy atom. The van der Waals surface area contributed by atoms with Crippen LogP contribution in [-0.2, 0) is 10.0 Å². The number of unbranched alkanes of at least 4 members (excludes halogenated alkanes) is 1. The summed E-state index contributed by atoms with van der Waals surface area (Å²) in [7, 11) is -3.79. The molecular weight excluding hydrogens is 404 g/mol. The summed E-state index contributed by atoms with van der Waals surface area (Å²) in [4.78, 5) is 12.2. The number of hydrogen-bond acceptors (Lipinski definition) is 3. The topological polar surface area (TPSA) is 75.3 Å². The molecule has 25 heavy (non-hydrogen) atoms. The SMILES string of the molecule is CCCCNC(=O)c1cccc(S(=O)(=O)Nc2cc(C)ccc2Br)c1. The lowest BCUT2D eigenvalue weighted by molar-refractivity contribution is 0.0953. The summed E-state index contributed by atoms with van der Waals surface area (Å²) in [5.41, 5.74) is 1.71. The zero-order chi connectivity index (χ0) is 18.4. The molecule has 2 aromatic rings. The Morgan fingerprint density at radius 1 is 1.16 bits per heavy atom. The number of hydrogen-bond donors (Lipinski definition) is 2. The number of carbonyl (C=O) groups excluding carboxylic acids is 1. The first-order valence-electron chi connectivity index (χ1n) is 8.00. The van der Waals surface area contributed by atoms with E-state index in [2.05, 4.69) is 26.0 Å². The molecule has 0 spiro atoms. The molecular formula is C18H21BrN2O3S. The van der Waals surface area contributed by atoms with Crippen LogP contribution in [0.25, 0.3) is 0 Å². The van der Waals surface area contributed by atoms with Crippen LogP contribution in [0.5, 0.6) is 0 Å². The molecule has 0 aliphatic carbocycles. The minimum atomic E-state index is -3.79. The molecule has 0 saturated carbocycles. The highest BCUT2D eigenvalue weighted by Gasteiger charge is 2.17. The summed E-state index contributed by atoms with van der Waals surface area (Å²) >= 11 is 3.34. The Bertz CT molecular complexity index is 866. The van der Waals surface area contributed by atoms with Crippen molar-refractivity contribution in [3.63, 3.8) is 0 Å². The Labute approximate surface area is 157 Å². The number of nitrogens with one attached hydrogen (secondary N) is 2. The van der Waals surface area contributed by atoms with Gasteiger partial charge in [-0.1, -0.05) is 25.5 Å². The lowest BCUT2D eigenvalue weighted by Crippen LogP contribution is -2.24. The minimum Gasteiger partial charge on any atom is -0.352 e. The Balaban J connectivity index is 2.23. The van der Waals surface area contributed by atoms with Crippen molar-refractivity contribution in [3.05, 3.63) is 58.1 Å². The maximum Gasteiger partial charge on any atom is 0.261 e. The number of rotatable bonds is 7. The number of benzene rings is 2. The van der Waals surface area contributed by atoms with E-state index < -0.39 is 10.0 Å². The first kappa shape index (κ1) is 19.5. The molecule has 0 bridgehead atoms. The van der Waals surface area contributed by atoms with Crippen LogP contribution in [0.2, 0.25) is 0 Å². The third-order valence-electron chi connectivity index (χ3n) is 3.59.